The highest BCUT2D eigenvalue weighted by atomic mass is 79.9. The third-order valence-corrected chi connectivity index (χ3v) is 4.58. The summed E-state index contributed by atoms with van der Waals surface area (Å²) < 4.78 is 7.45. The number of nitrogens with one attached hydrogen (secondary N) is 3. The van der Waals surface area contributed by atoms with Crippen LogP contribution in [0.15, 0.2) is 51.4 Å². The highest BCUT2D eigenvalue weighted by Crippen LogP contribution is 2.22. The minimum absolute atomic E-state index is 0.598. The number of hydrogen-bond donors (Lipinski definition) is 3. The van der Waals surface area contributed by atoms with Crippen LogP contribution in [0.25, 0.3) is 0 Å². The molecule has 0 fully saturated rings. The summed E-state index contributed by atoms with van der Waals surface area (Å²) in [6, 6.07) is 14.0. The zero-order valence-electron chi connectivity index (χ0n) is 13.9. The van der Waals surface area contributed by atoms with Crippen molar-refractivity contribution in [1.29, 1.82) is 0 Å². The van der Waals surface area contributed by atoms with Gasteiger partial charge >= 0.3 is 0 Å². The fourth-order valence-corrected chi connectivity index (χ4v) is 3.88. The van der Waals surface area contributed by atoms with Gasteiger partial charge in [-0.05, 0) is 61.1 Å². The highest BCUT2D eigenvalue weighted by Gasteiger charge is 2.03. The van der Waals surface area contributed by atoms with E-state index in [9.17, 15) is 0 Å². The summed E-state index contributed by atoms with van der Waals surface area (Å²) in [5.74, 6) is 0.772. The summed E-state index contributed by atoms with van der Waals surface area (Å²) >= 11 is 12.3. The Kier molecular flexibility index (Phi) is 8.67. The van der Waals surface area contributed by atoms with E-state index in [1.165, 1.54) is 5.56 Å². The van der Waals surface area contributed by atoms with Crippen molar-refractivity contribution >= 4 is 54.9 Å². The van der Waals surface area contributed by atoms with Gasteiger partial charge in [0.15, 0.2) is 5.11 Å². The molecular weight excluding hydrogens is 466 g/mol. The van der Waals surface area contributed by atoms with Crippen LogP contribution >= 0.6 is 44.1 Å². The van der Waals surface area contributed by atoms with Crippen molar-refractivity contribution in [3.05, 3.63) is 57.0 Å². The molecule has 0 bridgehead atoms. The summed E-state index contributed by atoms with van der Waals surface area (Å²) in [7, 11) is 1.65. The SMILES string of the molecule is COc1ccccc1NC(=S)NCCCNCc1cc(Br)cc(Br)c1. The third kappa shape index (κ3) is 7.32. The molecule has 0 saturated heterocycles. The molecule has 0 aliphatic carbocycles. The molecule has 3 N–H and O–H groups in total. The second-order valence-corrected chi connectivity index (χ2v) is 7.63. The fraction of sp³-hybridized carbons (Fsp3) is 0.278. The summed E-state index contributed by atoms with van der Waals surface area (Å²) in [5.41, 5.74) is 2.10. The predicted molar refractivity (Wildman–Crippen MR) is 115 cm³/mol. The van der Waals surface area contributed by atoms with Gasteiger partial charge in [0.1, 0.15) is 5.75 Å². The lowest BCUT2D eigenvalue weighted by molar-refractivity contribution is 0.417. The average molecular weight is 487 g/mol. The molecule has 7 heteroatoms. The van der Waals surface area contributed by atoms with Gasteiger partial charge in [0.25, 0.3) is 0 Å². The van der Waals surface area contributed by atoms with Crippen LogP contribution in [-0.4, -0.2) is 25.3 Å². The first-order valence-electron chi connectivity index (χ1n) is 7.92. The Balaban J connectivity index is 1.63. The van der Waals surface area contributed by atoms with E-state index in [1.54, 1.807) is 7.11 Å². The lowest BCUT2D eigenvalue weighted by Crippen LogP contribution is -2.31. The standard InChI is InChI=1S/C18H21Br2N3OS/c1-24-17-6-3-2-5-16(17)23-18(25)22-8-4-7-21-12-13-9-14(19)11-15(20)10-13/h2-3,5-6,9-11,21H,4,7-8,12H2,1H3,(H2,22,23,25). The van der Waals surface area contributed by atoms with Crippen LogP contribution in [0.2, 0.25) is 0 Å². The number of ether oxygens (including phenoxy) is 1. The molecule has 2 rings (SSSR count). The van der Waals surface area contributed by atoms with Gasteiger partial charge < -0.3 is 20.7 Å². The first-order valence-corrected chi connectivity index (χ1v) is 9.91. The molecule has 0 aliphatic rings. The van der Waals surface area contributed by atoms with Gasteiger partial charge in [-0.3, -0.25) is 0 Å². The van der Waals surface area contributed by atoms with E-state index in [-0.39, 0.29) is 0 Å². The number of benzene rings is 2. The van der Waals surface area contributed by atoms with E-state index in [4.69, 9.17) is 17.0 Å². The Morgan fingerprint density at radius 2 is 1.80 bits per heavy atom. The van der Waals surface area contributed by atoms with E-state index < -0.39 is 0 Å². The van der Waals surface area contributed by atoms with Gasteiger partial charge in [-0.15, -0.1) is 0 Å². The Morgan fingerprint density at radius 1 is 1.08 bits per heavy atom. The number of thiocarbonyl (C=S) groups is 1. The Bertz CT molecular complexity index is 692. The van der Waals surface area contributed by atoms with Crippen LogP contribution in [0.5, 0.6) is 5.75 Å². The molecule has 0 saturated carbocycles. The van der Waals surface area contributed by atoms with Crippen LogP contribution in [0, 0.1) is 0 Å². The number of anilines is 1. The third-order valence-electron chi connectivity index (χ3n) is 3.42. The molecule has 0 radical (unpaired) electrons. The topological polar surface area (TPSA) is 45.3 Å². The van der Waals surface area contributed by atoms with E-state index in [2.05, 4.69) is 59.9 Å². The van der Waals surface area contributed by atoms with Crippen LogP contribution < -0.4 is 20.7 Å². The van der Waals surface area contributed by atoms with E-state index in [0.717, 1.165) is 46.4 Å². The molecule has 4 nitrogen and oxygen atoms in total. The second kappa shape index (κ2) is 10.8. The molecule has 0 heterocycles. The maximum atomic E-state index is 5.32. The van der Waals surface area contributed by atoms with Crippen molar-refractivity contribution in [2.75, 3.05) is 25.5 Å². The average Bonchev–Trinajstić information content (AvgIpc) is 2.57. The largest absolute Gasteiger partial charge is 0.495 e. The molecule has 134 valence electrons. The smallest absolute Gasteiger partial charge is 0.170 e. The number of halogens is 2. The molecular formula is C18H21Br2N3OS. The zero-order chi connectivity index (χ0) is 18.1. The second-order valence-electron chi connectivity index (χ2n) is 5.39. The number of rotatable bonds is 8. The van der Waals surface area contributed by atoms with E-state index >= 15 is 0 Å². The van der Waals surface area contributed by atoms with Gasteiger partial charge in [-0.1, -0.05) is 44.0 Å². The van der Waals surface area contributed by atoms with Crippen molar-refractivity contribution in [1.82, 2.24) is 10.6 Å². The zero-order valence-corrected chi connectivity index (χ0v) is 17.9. The first-order chi connectivity index (χ1) is 12.1. The normalized spacial score (nSPS) is 10.4. The summed E-state index contributed by atoms with van der Waals surface area (Å²) in [5, 5.41) is 10.4. The van der Waals surface area contributed by atoms with Gasteiger partial charge in [-0.2, -0.15) is 0 Å². The summed E-state index contributed by atoms with van der Waals surface area (Å²) in [6.07, 6.45) is 0.975. The maximum absolute atomic E-state index is 5.32. The quantitative estimate of drug-likeness (QED) is 0.373. The molecule has 0 atom stereocenters. The van der Waals surface area contributed by atoms with Crippen molar-refractivity contribution in [3.8, 4) is 5.75 Å². The van der Waals surface area contributed by atoms with Crippen LogP contribution in [0.4, 0.5) is 5.69 Å². The highest BCUT2D eigenvalue weighted by molar-refractivity contribution is 9.11. The molecule has 25 heavy (non-hydrogen) atoms. The first kappa shape index (κ1) is 20.2. The van der Waals surface area contributed by atoms with Crippen molar-refractivity contribution in [3.63, 3.8) is 0 Å². The molecule has 0 aromatic heterocycles. The number of hydrogen-bond acceptors (Lipinski definition) is 3. The molecule has 2 aromatic carbocycles. The van der Waals surface area contributed by atoms with Crippen molar-refractivity contribution in [2.45, 2.75) is 13.0 Å². The fourth-order valence-electron chi connectivity index (χ4n) is 2.28. The van der Waals surface area contributed by atoms with Gasteiger partial charge in [0.05, 0.1) is 12.8 Å². The number of para-hydroxylation sites is 2. The minimum atomic E-state index is 0.598. The molecule has 0 amide bonds. The molecule has 2 aromatic rings. The maximum Gasteiger partial charge on any atom is 0.170 e. The lowest BCUT2D eigenvalue weighted by atomic mass is 10.2. The molecule has 0 unspecified atom stereocenters. The lowest BCUT2D eigenvalue weighted by Gasteiger charge is -2.13. The molecule has 0 aliphatic heterocycles. The summed E-state index contributed by atoms with van der Waals surface area (Å²) in [6.45, 7) is 2.55. The predicted octanol–water partition coefficient (Wildman–Crippen LogP) is 4.69. The Morgan fingerprint density at radius 3 is 2.52 bits per heavy atom. The Labute approximate surface area is 171 Å². The van der Waals surface area contributed by atoms with Crippen molar-refractivity contribution in [2.24, 2.45) is 0 Å². The minimum Gasteiger partial charge on any atom is -0.495 e. The van der Waals surface area contributed by atoms with Crippen LogP contribution in [-0.2, 0) is 6.54 Å². The Hall–Kier alpha value is -1.15. The number of methoxy groups -OCH3 is 1. The van der Waals surface area contributed by atoms with E-state index in [1.807, 2.05) is 30.3 Å². The summed E-state index contributed by atoms with van der Waals surface area (Å²) in [4.78, 5) is 0. The monoisotopic (exact) mass is 485 g/mol. The van der Waals surface area contributed by atoms with Gasteiger partial charge in [0, 0.05) is 22.0 Å². The van der Waals surface area contributed by atoms with Crippen molar-refractivity contribution < 1.29 is 4.74 Å². The van der Waals surface area contributed by atoms with Crippen LogP contribution in [0.3, 0.4) is 0 Å². The molecule has 0 spiro atoms. The van der Waals surface area contributed by atoms with E-state index in [0.29, 0.717) is 5.11 Å². The van der Waals surface area contributed by atoms with Gasteiger partial charge in [0.2, 0.25) is 0 Å². The van der Waals surface area contributed by atoms with Crippen LogP contribution in [0.1, 0.15) is 12.0 Å². The van der Waals surface area contributed by atoms with Gasteiger partial charge in [-0.25, -0.2) is 0 Å².